The number of non-ortho nitro benzene ring substituents is 1. The maximum Gasteiger partial charge on any atom is 0.410 e. The number of hydrogen-bond donors (Lipinski definition) is 0. The van der Waals surface area contributed by atoms with Gasteiger partial charge in [0.1, 0.15) is 5.60 Å². The number of benzene rings is 1. The maximum absolute atomic E-state index is 12.0. The number of nitro benzene ring substituents is 1. The number of amides is 1. The highest BCUT2D eigenvalue weighted by atomic mass is 16.6. The summed E-state index contributed by atoms with van der Waals surface area (Å²) in [7, 11) is 0. The lowest BCUT2D eigenvalue weighted by atomic mass is 10.0. The summed E-state index contributed by atoms with van der Waals surface area (Å²) in [5, 5.41) is 10.6. The number of carbonyl (C=O) groups is 1. The van der Waals surface area contributed by atoms with Crippen LogP contribution in [0.25, 0.3) is 6.08 Å². The summed E-state index contributed by atoms with van der Waals surface area (Å²) in [6, 6.07) is 6.49. The van der Waals surface area contributed by atoms with E-state index in [-0.39, 0.29) is 11.8 Å². The number of nitrogens with zero attached hydrogens (tertiary/aromatic N) is 2. The Balaban J connectivity index is 1.93. The molecule has 0 unspecified atom stereocenters. The highest BCUT2D eigenvalue weighted by molar-refractivity contribution is 5.68. The van der Waals surface area contributed by atoms with Crippen LogP contribution in [0.5, 0.6) is 0 Å². The van der Waals surface area contributed by atoms with E-state index in [0.717, 1.165) is 18.4 Å². The number of piperidine rings is 1. The Bertz CT molecular complexity index is 604. The number of likely N-dealkylation sites (tertiary alicyclic amines) is 1. The Morgan fingerprint density at radius 2 is 1.78 bits per heavy atom. The summed E-state index contributed by atoms with van der Waals surface area (Å²) < 4.78 is 5.37. The van der Waals surface area contributed by atoms with Gasteiger partial charge in [0, 0.05) is 25.2 Å². The third kappa shape index (κ3) is 5.09. The van der Waals surface area contributed by atoms with E-state index in [1.807, 2.05) is 26.8 Å². The monoisotopic (exact) mass is 318 g/mol. The van der Waals surface area contributed by atoms with Crippen LogP contribution in [0, 0.1) is 10.1 Å². The molecule has 0 aliphatic carbocycles. The Labute approximate surface area is 135 Å². The Hall–Kier alpha value is -2.37. The van der Waals surface area contributed by atoms with Gasteiger partial charge in [0.15, 0.2) is 0 Å². The molecule has 23 heavy (non-hydrogen) atoms. The van der Waals surface area contributed by atoms with Crippen molar-refractivity contribution in [3.05, 3.63) is 45.5 Å². The van der Waals surface area contributed by atoms with E-state index < -0.39 is 10.5 Å². The van der Waals surface area contributed by atoms with E-state index in [2.05, 4.69) is 0 Å². The van der Waals surface area contributed by atoms with Gasteiger partial charge in [-0.15, -0.1) is 0 Å². The van der Waals surface area contributed by atoms with Crippen molar-refractivity contribution in [1.82, 2.24) is 4.90 Å². The first-order chi connectivity index (χ1) is 10.7. The number of ether oxygens (including phenoxy) is 1. The molecular formula is C17H22N2O4. The second-order valence-corrected chi connectivity index (χ2v) is 6.62. The minimum absolute atomic E-state index is 0.0897. The molecular weight excluding hydrogens is 296 g/mol. The second-order valence-electron chi connectivity index (χ2n) is 6.62. The zero-order valence-corrected chi connectivity index (χ0v) is 13.7. The van der Waals surface area contributed by atoms with Gasteiger partial charge in [0.2, 0.25) is 0 Å². The van der Waals surface area contributed by atoms with Crippen LogP contribution in [-0.4, -0.2) is 34.6 Å². The van der Waals surface area contributed by atoms with Crippen molar-refractivity contribution >= 4 is 17.9 Å². The van der Waals surface area contributed by atoms with Crippen LogP contribution in [0.2, 0.25) is 0 Å². The highest BCUT2D eigenvalue weighted by Crippen LogP contribution is 2.22. The third-order valence-electron chi connectivity index (χ3n) is 3.53. The average Bonchev–Trinajstić information content (AvgIpc) is 2.46. The molecule has 1 amide bonds. The molecule has 0 spiro atoms. The summed E-state index contributed by atoms with van der Waals surface area (Å²) in [6.45, 7) is 6.83. The lowest BCUT2D eigenvalue weighted by Crippen LogP contribution is -2.40. The molecule has 0 N–H and O–H groups in total. The summed E-state index contributed by atoms with van der Waals surface area (Å²) in [5.74, 6) is 0. The van der Waals surface area contributed by atoms with Gasteiger partial charge in [-0.05, 0) is 51.3 Å². The zero-order valence-electron chi connectivity index (χ0n) is 13.7. The molecule has 1 aliphatic heterocycles. The van der Waals surface area contributed by atoms with Gasteiger partial charge < -0.3 is 9.64 Å². The van der Waals surface area contributed by atoms with Gasteiger partial charge >= 0.3 is 6.09 Å². The SMILES string of the molecule is CC(C)(C)OC(=O)N1CCC(=Cc2ccc([N+](=O)[O-])cc2)CC1. The van der Waals surface area contributed by atoms with E-state index in [9.17, 15) is 14.9 Å². The Kier molecular flexibility index (Phi) is 5.03. The van der Waals surface area contributed by atoms with Crippen LogP contribution < -0.4 is 0 Å². The van der Waals surface area contributed by atoms with E-state index >= 15 is 0 Å². The van der Waals surface area contributed by atoms with Gasteiger partial charge in [-0.1, -0.05) is 11.6 Å². The molecule has 124 valence electrons. The molecule has 0 atom stereocenters. The van der Waals surface area contributed by atoms with E-state index in [4.69, 9.17) is 4.74 Å². The third-order valence-corrected chi connectivity index (χ3v) is 3.53. The molecule has 1 aromatic carbocycles. The van der Waals surface area contributed by atoms with E-state index in [1.54, 1.807) is 17.0 Å². The van der Waals surface area contributed by atoms with E-state index in [0.29, 0.717) is 13.1 Å². The van der Waals surface area contributed by atoms with Crippen LogP contribution in [0.15, 0.2) is 29.8 Å². The first kappa shape index (κ1) is 17.0. The number of nitro groups is 1. The summed E-state index contributed by atoms with van der Waals surface area (Å²) in [4.78, 5) is 24.0. The summed E-state index contributed by atoms with van der Waals surface area (Å²) >= 11 is 0. The van der Waals surface area contributed by atoms with Gasteiger partial charge in [-0.3, -0.25) is 10.1 Å². The molecule has 0 aromatic heterocycles. The Morgan fingerprint density at radius 3 is 2.26 bits per heavy atom. The molecule has 1 fully saturated rings. The normalized spacial score (nSPS) is 15.3. The van der Waals surface area contributed by atoms with Crippen LogP contribution >= 0.6 is 0 Å². The van der Waals surface area contributed by atoms with Crippen molar-refractivity contribution < 1.29 is 14.5 Å². The number of rotatable bonds is 2. The first-order valence-electron chi connectivity index (χ1n) is 7.66. The summed E-state index contributed by atoms with van der Waals surface area (Å²) in [5.41, 5.74) is 1.79. The molecule has 1 saturated heterocycles. The molecule has 2 rings (SSSR count). The number of hydrogen-bond acceptors (Lipinski definition) is 4. The van der Waals surface area contributed by atoms with Gasteiger partial charge in [0.25, 0.3) is 5.69 Å². The second kappa shape index (κ2) is 6.81. The standard InChI is InChI=1S/C17H22N2O4/c1-17(2,3)23-16(20)18-10-8-14(9-11-18)12-13-4-6-15(7-5-13)19(21)22/h4-7,12H,8-11H2,1-3H3. The predicted octanol–water partition coefficient (Wildman–Crippen LogP) is 4.01. The van der Waals surface area contributed by atoms with Crippen LogP contribution in [0.3, 0.4) is 0 Å². The minimum Gasteiger partial charge on any atom is -0.444 e. The fraction of sp³-hybridized carbons (Fsp3) is 0.471. The molecule has 6 heteroatoms. The van der Waals surface area contributed by atoms with Crippen molar-refractivity contribution in [2.75, 3.05) is 13.1 Å². The zero-order chi connectivity index (χ0) is 17.0. The minimum atomic E-state index is -0.480. The predicted molar refractivity (Wildman–Crippen MR) is 88.1 cm³/mol. The topological polar surface area (TPSA) is 72.7 Å². The van der Waals surface area contributed by atoms with E-state index in [1.165, 1.54) is 17.7 Å². The molecule has 0 saturated carbocycles. The molecule has 1 heterocycles. The number of carbonyl (C=O) groups excluding carboxylic acids is 1. The van der Waals surface area contributed by atoms with Crippen molar-refractivity contribution in [2.24, 2.45) is 0 Å². The molecule has 6 nitrogen and oxygen atoms in total. The lowest BCUT2D eigenvalue weighted by Gasteiger charge is -2.31. The van der Waals surface area contributed by atoms with Crippen LogP contribution in [0.1, 0.15) is 39.2 Å². The molecule has 1 aliphatic rings. The van der Waals surface area contributed by atoms with Gasteiger partial charge in [-0.2, -0.15) is 0 Å². The molecule has 1 aromatic rings. The van der Waals surface area contributed by atoms with Crippen molar-refractivity contribution in [3.63, 3.8) is 0 Å². The van der Waals surface area contributed by atoms with Crippen molar-refractivity contribution in [1.29, 1.82) is 0 Å². The summed E-state index contributed by atoms with van der Waals surface area (Å²) in [6.07, 6.45) is 3.34. The van der Waals surface area contributed by atoms with Gasteiger partial charge in [-0.25, -0.2) is 4.79 Å². The smallest absolute Gasteiger partial charge is 0.410 e. The fourth-order valence-electron chi connectivity index (χ4n) is 2.38. The lowest BCUT2D eigenvalue weighted by molar-refractivity contribution is -0.384. The first-order valence-corrected chi connectivity index (χ1v) is 7.66. The maximum atomic E-state index is 12.0. The molecule has 0 radical (unpaired) electrons. The van der Waals surface area contributed by atoms with Gasteiger partial charge in [0.05, 0.1) is 4.92 Å². The van der Waals surface area contributed by atoms with Crippen LogP contribution in [-0.2, 0) is 4.74 Å². The van der Waals surface area contributed by atoms with Crippen molar-refractivity contribution in [2.45, 2.75) is 39.2 Å². The van der Waals surface area contributed by atoms with Crippen LogP contribution in [0.4, 0.5) is 10.5 Å². The van der Waals surface area contributed by atoms with Crippen molar-refractivity contribution in [3.8, 4) is 0 Å². The average molecular weight is 318 g/mol. The highest BCUT2D eigenvalue weighted by Gasteiger charge is 2.24. The quantitative estimate of drug-likeness (QED) is 0.610. The Morgan fingerprint density at radius 1 is 1.22 bits per heavy atom. The fourth-order valence-corrected chi connectivity index (χ4v) is 2.38. The molecule has 0 bridgehead atoms. The largest absolute Gasteiger partial charge is 0.444 e.